The van der Waals surface area contributed by atoms with Gasteiger partial charge in [-0.15, -0.1) is 0 Å². The molecular formula is C18H28O5. The van der Waals surface area contributed by atoms with E-state index in [1.807, 2.05) is 6.92 Å². The van der Waals surface area contributed by atoms with Gasteiger partial charge < -0.3 is 9.47 Å². The highest BCUT2D eigenvalue weighted by Crippen LogP contribution is 2.60. The lowest BCUT2D eigenvalue weighted by Gasteiger charge is -2.48. The molecule has 4 rings (SSSR count). The van der Waals surface area contributed by atoms with Crippen molar-refractivity contribution in [3.8, 4) is 0 Å². The number of fused-ring (bicyclic) bond motifs is 2. The average Bonchev–Trinajstić information content (AvgIpc) is 2.94. The first-order valence-corrected chi connectivity index (χ1v) is 9.13. The number of ether oxygens (including phenoxy) is 2. The molecule has 0 aromatic carbocycles. The predicted molar refractivity (Wildman–Crippen MR) is 81.8 cm³/mol. The number of carbonyl (C=O) groups is 1. The highest BCUT2D eigenvalue weighted by Gasteiger charge is 2.70. The molecule has 4 aliphatic rings. The molecule has 3 aliphatic heterocycles. The van der Waals surface area contributed by atoms with E-state index in [-0.39, 0.29) is 23.7 Å². The fourth-order valence-electron chi connectivity index (χ4n) is 5.54. The minimum absolute atomic E-state index is 0.0876. The summed E-state index contributed by atoms with van der Waals surface area (Å²) in [6, 6.07) is 0. The van der Waals surface area contributed by atoms with E-state index in [0.717, 1.165) is 32.1 Å². The Bertz CT molecular complexity index is 506. The molecule has 7 atom stereocenters. The molecule has 3 saturated heterocycles. The average molecular weight is 324 g/mol. The van der Waals surface area contributed by atoms with E-state index in [0.29, 0.717) is 11.8 Å². The van der Waals surface area contributed by atoms with Crippen LogP contribution in [0.3, 0.4) is 0 Å². The molecule has 2 bridgehead atoms. The molecule has 3 heterocycles. The third kappa shape index (κ3) is 2.12. The van der Waals surface area contributed by atoms with Gasteiger partial charge in [-0.3, -0.25) is 4.79 Å². The first kappa shape index (κ1) is 15.9. The molecule has 1 saturated carbocycles. The van der Waals surface area contributed by atoms with E-state index in [2.05, 4.69) is 20.8 Å². The van der Waals surface area contributed by atoms with Crippen molar-refractivity contribution < 1.29 is 24.0 Å². The van der Waals surface area contributed by atoms with Crippen LogP contribution in [0.25, 0.3) is 0 Å². The summed E-state index contributed by atoms with van der Waals surface area (Å²) in [5.41, 5.74) is -0.663. The van der Waals surface area contributed by atoms with E-state index in [4.69, 9.17) is 19.2 Å². The third-order valence-electron chi connectivity index (χ3n) is 6.56. The molecule has 0 radical (unpaired) electrons. The van der Waals surface area contributed by atoms with Crippen molar-refractivity contribution in [3.63, 3.8) is 0 Å². The molecule has 0 aromatic rings. The Labute approximate surface area is 137 Å². The molecule has 23 heavy (non-hydrogen) atoms. The molecule has 4 fully saturated rings. The molecule has 0 N–H and O–H groups in total. The monoisotopic (exact) mass is 324 g/mol. The van der Waals surface area contributed by atoms with Gasteiger partial charge in [0.15, 0.2) is 5.60 Å². The molecule has 5 heteroatoms. The Hall–Kier alpha value is -0.650. The minimum atomic E-state index is -0.673. The number of carbonyl (C=O) groups excluding carboxylic acids is 1. The summed E-state index contributed by atoms with van der Waals surface area (Å²) in [5, 5.41) is 0. The van der Waals surface area contributed by atoms with Crippen molar-refractivity contribution in [1.82, 2.24) is 0 Å². The molecule has 5 nitrogen and oxygen atoms in total. The van der Waals surface area contributed by atoms with Crippen LogP contribution in [-0.2, 0) is 24.0 Å². The maximum Gasteiger partial charge on any atom is 0.309 e. The van der Waals surface area contributed by atoms with Gasteiger partial charge in [-0.25, -0.2) is 0 Å². The van der Waals surface area contributed by atoms with Crippen molar-refractivity contribution in [1.29, 1.82) is 0 Å². The van der Waals surface area contributed by atoms with E-state index in [1.165, 1.54) is 0 Å². The van der Waals surface area contributed by atoms with Gasteiger partial charge in [0.1, 0.15) is 0 Å². The van der Waals surface area contributed by atoms with Crippen molar-refractivity contribution in [2.75, 3.05) is 0 Å². The van der Waals surface area contributed by atoms with Crippen LogP contribution in [-0.4, -0.2) is 23.6 Å². The normalized spacial score (nSPS) is 52.0. The van der Waals surface area contributed by atoms with Crippen LogP contribution in [0.1, 0.15) is 59.8 Å². The largest absolute Gasteiger partial charge is 0.453 e. The van der Waals surface area contributed by atoms with Crippen LogP contribution < -0.4 is 0 Å². The number of esters is 1. The van der Waals surface area contributed by atoms with Gasteiger partial charge >= 0.3 is 5.97 Å². The summed E-state index contributed by atoms with van der Waals surface area (Å²) in [5.74, 6) is 0.545. The van der Waals surface area contributed by atoms with Gasteiger partial charge in [0, 0.05) is 24.7 Å². The third-order valence-corrected chi connectivity index (χ3v) is 6.56. The van der Waals surface area contributed by atoms with Crippen LogP contribution in [0, 0.1) is 29.6 Å². The first-order valence-electron chi connectivity index (χ1n) is 9.13. The quantitative estimate of drug-likeness (QED) is 0.575. The molecular weight excluding hydrogens is 296 g/mol. The molecule has 1 aliphatic carbocycles. The fraction of sp³-hybridized carbons (Fsp3) is 0.944. The highest BCUT2D eigenvalue weighted by atomic mass is 17.3. The Morgan fingerprint density at radius 1 is 1.17 bits per heavy atom. The van der Waals surface area contributed by atoms with Gasteiger partial charge in [0.05, 0.1) is 5.92 Å². The van der Waals surface area contributed by atoms with Crippen LogP contribution in [0.2, 0.25) is 0 Å². The Morgan fingerprint density at radius 2 is 1.96 bits per heavy atom. The lowest BCUT2D eigenvalue weighted by Crippen LogP contribution is -2.57. The maximum atomic E-state index is 12.4. The zero-order chi connectivity index (χ0) is 16.4. The standard InChI is InChI=1S/C18H28O5/c1-10(2)9-17-8-7-13-11(3)5-6-14-12(4)15(19)20-18(13,14)16(21-17)22-23-17/h10-14,16H,5-9H2,1-4H3/t11-,12-,13+,14+,16?,17?,18?/m1/s1. The van der Waals surface area contributed by atoms with E-state index in [1.54, 1.807) is 0 Å². The Morgan fingerprint density at radius 3 is 2.70 bits per heavy atom. The van der Waals surface area contributed by atoms with E-state index >= 15 is 0 Å². The first-order chi connectivity index (χ1) is 10.9. The van der Waals surface area contributed by atoms with Gasteiger partial charge in [-0.2, -0.15) is 9.78 Å². The summed E-state index contributed by atoms with van der Waals surface area (Å²) < 4.78 is 12.3. The zero-order valence-electron chi connectivity index (χ0n) is 14.5. The zero-order valence-corrected chi connectivity index (χ0v) is 14.5. The van der Waals surface area contributed by atoms with Crippen LogP contribution >= 0.6 is 0 Å². The molecule has 1 spiro atoms. The second-order valence-electron chi connectivity index (χ2n) is 8.51. The van der Waals surface area contributed by atoms with Gasteiger partial charge in [-0.1, -0.05) is 27.7 Å². The molecule has 0 amide bonds. The molecule has 0 aromatic heterocycles. The number of rotatable bonds is 2. The lowest BCUT2D eigenvalue weighted by molar-refractivity contribution is -0.364. The molecule has 3 unspecified atom stereocenters. The lowest BCUT2D eigenvalue weighted by atomic mass is 9.60. The maximum absolute atomic E-state index is 12.4. The van der Waals surface area contributed by atoms with Crippen molar-refractivity contribution in [3.05, 3.63) is 0 Å². The smallest absolute Gasteiger partial charge is 0.309 e. The topological polar surface area (TPSA) is 54.0 Å². The van der Waals surface area contributed by atoms with Crippen molar-refractivity contribution >= 4 is 5.97 Å². The van der Waals surface area contributed by atoms with Crippen LogP contribution in [0.5, 0.6) is 0 Å². The van der Waals surface area contributed by atoms with Crippen LogP contribution in [0.4, 0.5) is 0 Å². The number of hydrogen-bond donors (Lipinski definition) is 0. The summed E-state index contributed by atoms with van der Waals surface area (Å²) in [4.78, 5) is 23.7. The van der Waals surface area contributed by atoms with Gasteiger partial charge in [0.25, 0.3) is 0 Å². The predicted octanol–water partition coefficient (Wildman–Crippen LogP) is 3.42. The summed E-state index contributed by atoms with van der Waals surface area (Å²) in [6.45, 7) is 8.58. The molecule has 130 valence electrons. The fourth-order valence-corrected chi connectivity index (χ4v) is 5.54. The van der Waals surface area contributed by atoms with Crippen molar-refractivity contribution in [2.24, 2.45) is 29.6 Å². The SMILES string of the molecule is CC(C)CC12CC[C@H]3[C@H](C)CC[C@H]4[C@@H](C)C(=O)OC34C(OO1)O2. The van der Waals surface area contributed by atoms with Crippen LogP contribution in [0.15, 0.2) is 0 Å². The Balaban J connectivity index is 1.73. The van der Waals surface area contributed by atoms with E-state index in [9.17, 15) is 4.79 Å². The Kier molecular flexibility index (Phi) is 3.56. The highest BCUT2D eigenvalue weighted by molar-refractivity contribution is 5.76. The van der Waals surface area contributed by atoms with Gasteiger partial charge in [-0.05, 0) is 31.1 Å². The van der Waals surface area contributed by atoms with E-state index < -0.39 is 17.7 Å². The number of hydrogen-bond acceptors (Lipinski definition) is 5. The second kappa shape index (κ2) is 5.17. The minimum Gasteiger partial charge on any atom is -0.453 e. The van der Waals surface area contributed by atoms with Gasteiger partial charge in [0.2, 0.25) is 12.1 Å². The second-order valence-corrected chi connectivity index (χ2v) is 8.51. The summed E-state index contributed by atoms with van der Waals surface area (Å²) in [7, 11) is 0. The summed E-state index contributed by atoms with van der Waals surface area (Å²) in [6.07, 6.45) is 4.11. The van der Waals surface area contributed by atoms with Crippen molar-refractivity contribution in [2.45, 2.75) is 77.5 Å². The summed E-state index contributed by atoms with van der Waals surface area (Å²) >= 11 is 0.